The van der Waals surface area contributed by atoms with Crippen molar-refractivity contribution >= 4 is 5.69 Å². The van der Waals surface area contributed by atoms with Crippen LogP contribution in [0.3, 0.4) is 0 Å². The summed E-state index contributed by atoms with van der Waals surface area (Å²) in [5.41, 5.74) is 7.58. The van der Waals surface area contributed by atoms with Crippen LogP contribution in [0, 0.1) is 5.92 Å². The Kier molecular flexibility index (Phi) is 3.40. The highest BCUT2D eigenvalue weighted by molar-refractivity contribution is 5.61. The van der Waals surface area contributed by atoms with Gasteiger partial charge in [0.1, 0.15) is 5.75 Å². The maximum Gasteiger partial charge on any atom is 0.142 e. The molecule has 1 heterocycles. The van der Waals surface area contributed by atoms with Gasteiger partial charge in [-0.3, -0.25) is 0 Å². The maximum atomic E-state index is 6.22. The lowest BCUT2D eigenvalue weighted by molar-refractivity contribution is 0.307. The Morgan fingerprint density at radius 2 is 2.21 bits per heavy atom. The SMILES string of the molecule is CC1CCCC1(CN)N1CCCOc2ccccc21. The Bertz CT molecular complexity index is 448. The number of hydrogen-bond acceptors (Lipinski definition) is 3. The Hall–Kier alpha value is -1.22. The fourth-order valence-corrected chi connectivity index (χ4v) is 3.83. The molecule has 0 spiro atoms. The van der Waals surface area contributed by atoms with E-state index in [-0.39, 0.29) is 5.54 Å². The molecule has 1 aromatic carbocycles. The van der Waals surface area contributed by atoms with Crippen LogP contribution in [0.4, 0.5) is 5.69 Å². The minimum atomic E-state index is 0.129. The lowest BCUT2D eigenvalue weighted by atomic mass is 9.85. The van der Waals surface area contributed by atoms with Gasteiger partial charge in [0.25, 0.3) is 0 Å². The summed E-state index contributed by atoms with van der Waals surface area (Å²) in [4.78, 5) is 2.55. The zero-order valence-electron chi connectivity index (χ0n) is 11.8. The van der Waals surface area contributed by atoms with Gasteiger partial charge in [-0.15, -0.1) is 0 Å². The molecule has 0 amide bonds. The third-order valence-corrected chi connectivity index (χ3v) is 4.99. The summed E-state index contributed by atoms with van der Waals surface area (Å²) in [6.45, 7) is 4.96. The maximum absolute atomic E-state index is 6.22. The molecule has 104 valence electrons. The molecule has 0 radical (unpaired) electrons. The fourth-order valence-electron chi connectivity index (χ4n) is 3.83. The molecule has 19 heavy (non-hydrogen) atoms. The second-order valence-corrected chi connectivity index (χ2v) is 5.92. The highest BCUT2D eigenvalue weighted by atomic mass is 16.5. The van der Waals surface area contributed by atoms with Crippen LogP contribution in [0.1, 0.15) is 32.6 Å². The van der Waals surface area contributed by atoms with Crippen molar-refractivity contribution in [3.05, 3.63) is 24.3 Å². The summed E-state index contributed by atoms with van der Waals surface area (Å²) in [6.07, 6.45) is 4.86. The van der Waals surface area contributed by atoms with E-state index in [1.165, 1.54) is 24.9 Å². The van der Waals surface area contributed by atoms with Crippen LogP contribution < -0.4 is 15.4 Å². The number of anilines is 1. The Morgan fingerprint density at radius 1 is 1.37 bits per heavy atom. The molecule has 0 saturated heterocycles. The second kappa shape index (κ2) is 5.04. The molecule has 2 aliphatic rings. The second-order valence-electron chi connectivity index (χ2n) is 5.92. The van der Waals surface area contributed by atoms with E-state index >= 15 is 0 Å². The third kappa shape index (κ3) is 2.00. The predicted molar refractivity (Wildman–Crippen MR) is 78.7 cm³/mol. The van der Waals surface area contributed by atoms with Crippen molar-refractivity contribution in [1.29, 1.82) is 0 Å². The van der Waals surface area contributed by atoms with Gasteiger partial charge in [0.15, 0.2) is 0 Å². The zero-order chi connectivity index (χ0) is 13.3. The first-order valence-electron chi connectivity index (χ1n) is 7.47. The molecule has 0 aromatic heterocycles. The number of nitrogens with zero attached hydrogens (tertiary/aromatic N) is 1. The normalized spacial score (nSPS) is 30.6. The van der Waals surface area contributed by atoms with E-state index in [4.69, 9.17) is 10.5 Å². The molecule has 0 bridgehead atoms. The summed E-state index contributed by atoms with van der Waals surface area (Å²) < 4.78 is 5.88. The minimum Gasteiger partial charge on any atom is -0.491 e. The predicted octanol–water partition coefficient (Wildman–Crippen LogP) is 2.79. The number of fused-ring (bicyclic) bond motifs is 1. The van der Waals surface area contributed by atoms with Crippen molar-refractivity contribution < 1.29 is 4.74 Å². The van der Waals surface area contributed by atoms with E-state index < -0.39 is 0 Å². The summed E-state index contributed by atoms with van der Waals surface area (Å²) in [5, 5.41) is 0. The topological polar surface area (TPSA) is 38.5 Å². The van der Waals surface area contributed by atoms with Gasteiger partial charge in [-0.05, 0) is 37.3 Å². The van der Waals surface area contributed by atoms with Crippen molar-refractivity contribution in [2.45, 2.75) is 38.1 Å². The Balaban J connectivity index is 2.04. The van der Waals surface area contributed by atoms with Gasteiger partial charge < -0.3 is 15.4 Å². The van der Waals surface area contributed by atoms with Gasteiger partial charge in [-0.25, -0.2) is 0 Å². The average Bonchev–Trinajstić information content (AvgIpc) is 2.69. The lowest BCUT2D eigenvalue weighted by Gasteiger charge is -2.45. The fraction of sp³-hybridized carbons (Fsp3) is 0.625. The van der Waals surface area contributed by atoms with E-state index in [1.807, 2.05) is 0 Å². The van der Waals surface area contributed by atoms with Gasteiger partial charge in [-0.2, -0.15) is 0 Å². The van der Waals surface area contributed by atoms with Gasteiger partial charge >= 0.3 is 0 Å². The molecule has 1 fully saturated rings. The molecule has 2 atom stereocenters. The lowest BCUT2D eigenvalue weighted by Crippen LogP contribution is -2.56. The first-order chi connectivity index (χ1) is 9.28. The molecule has 1 aliphatic carbocycles. The Morgan fingerprint density at radius 3 is 2.95 bits per heavy atom. The van der Waals surface area contributed by atoms with Crippen LogP contribution in [0.25, 0.3) is 0 Å². The molecule has 2 N–H and O–H groups in total. The van der Waals surface area contributed by atoms with Crippen molar-refractivity contribution in [3.8, 4) is 5.75 Å². The molecule has 1 saturated carbocycles. The van der Waals surface area contributed by atoms with Gasteiger partial charge in [0, 0.05) is 13.1 Å². The third-order valence-electron chi connectivity index (χ3n) is 4.99. The highest BCUT2D eigenvalue weighted by Gasteiger charge is 2.45. The monoisotopic (exact) mass is 260 g/mol. The van der Waals surface area contributed by atoms with E-state index in [2.05, 4.69) is 36.1 Å². The summed E-state index contributed by atoms with van der Waals surface area (Å²) in [6, 6.07) is 8.42. The number of benzene rings is 1. The van der Waals surface area contributed by atoms with Crippen molar-refractivity contribution in [3.63, 3.8) is 0 Å². The van der Waals surface area contributed by atoms with E-state index in [9.17, 15) is 0 Å². The van der Waals surface area contributed by atoms with Crippen molar-refractivity contribution in [2.75, 3.05) is 24.6 Å². The standard InChI is InChI=1S/C16H24N2O/c1-13-6-4-9-16(13,12-17)18-10-5-11-19-15-8-3-2-7-14(15)18/h2-3,7-8,13H,4-6,9-12,17H2,1H3. The van der Waals surface area contributed by atoms with Crippen molar-refractivity contribution in [1.82, 2.24) is 0 Å². The summed E-state index contributed by atoms with van der Waals surface area (Å²) in [5.74, 6) is 1.68. The molecule has 3 rings (SSSR count). The van der Waals surface area contributed by atoms with Crippen LogP contribution in [0.2, 0.25) is 0 Å². The number of ether oxygens (including phenoxy) is 1. The quantitative estimate of drug-likeness (QED) is 0.888. The molecule has 3 heteroatoms. The van der Waals surface area contributed by atoms with Crippen LogP contribution in [-0.4, -0.2) is 25.2 Å². The number of para-hydroxylation sites is 2. The smallest absolute Gasteiger partial charge is 0.142 e. The Labute approximate surface area is 115 Å². The summed E-state index contributed by atoms with van der Waals surface area (Å²) >= 11 is 0. The molecule has 1 aliphatic heterocycles. The van der Waals surface area contributed by atoms with Gasteiger partial charge in [-0.1, -0.05) is 25.5 Å². The number of rotatable bonds is 2. The number of hydrogen-bond donors (Lipinski definition) is 1. The molecular weight excluding hydrogens is 236 g/mol. The van der Waals surface area contributed by atoms with Gasteiger partial charge in [0.05, 0.1) is 17.8 Å². The van der Waals surface area contributed by atoms with Crippen LogP contribution in [-0.2, 0) is 0 Å². The van der Waals surface area contributed by atoms with Crippen LogP contribution in [0.15, 0.2) is 24.3 Å². The molecule has 3 nitrogen and oxygen atoms in total. The highest BCUT2D eigenvalue weighted by Crippen LogP contribution is 2.45. The first kappa shape index (κ1) is 12.8. The van der Waals surface area contributed by atoms with E-state index in [0.29, 0.717) is 5.92 Å². The summed E-state index contributed by atoms with van der Waals surface area (Å²) in [7, 11) is 0. The first-order valence-corrected chi connectivity index (χ1v) is 7.47. The van der Waals surface area contributed by atoms with E-state index in [0.717, 1.165) is 31.9 Å². The molecule has 2 unspecified atom stereocenters. The van der Waals surface area contributed by atoms with Gasteiger partial charge in [0.2, 0.25) is 0 Å². The number of nitrogens with two attached hydrogens (primary N) is 1. The largest absolute Gasteiger partial charge is 0.491 e. The molecule has 1 aromatic rings. The average molecular weight is 260 g/mol. The van der Waals surface area contributed by atoms with Crippen LogP contribution >= 0.6 is 0 Å². The zero-order valence-corrected chi connectivity index (χ0v) is 11.8. The molecular formula is C16H24N2O. The van der Waals surface area contributed by atoms with E-state index in [1.54, 1.807) is 0 Å². The van der Waals surface area contributed by atoms with Crippen molar-refractivity contribution in [2.24, 2.45) is 11.7 Å². The van der Waals surface area contributed by atoms with Crippen LogP contribution in [0.5, 0.6) is 5.75 Å². The minimum absolute atomic E-state index is 0.129.